The zero-order valence-corrected chi connectivity index (χ0v) is 12.4. The van der Waals surface area contributed by atoms with Crippen LogP contribution in [0.1, 0.15) is 16.8 Å². The van der Waals surface area contributed by atoms with E-state index in [1.54, 1.807) is 4.90 Å². The molecule has 1 fully saturated rings. The van der Waals surface area contributed by atoms with Gasteiger partial charge in [-0.3, -0.25) is 14.5 Å². The summed E-state index contributed by atoms with van der Waals surface area (Å²) in [5.41, 5.74) is 0.253. The molecule has 1 saturated heterocycles. The Balaban J connectivity index is 1.71. The number of alkyl halides is 2. The molecule has 1 unspecified atom stereocenters. The van der Waals surface area contributed by atoms with Crippen molar-refractivity contribution < 1.29 is 22.8 Å². The van der Waals surface area contributed by atoms with E-state index < -0.39 is 18.1 Å². The topological polar surface area (TPSA) is 61.4 Å². The number of nitrogens with one attached hydrogen (secondary N) is 2. The SMILES string of the molecule is O=C(CNC(=O)c1ccc(F)cc1)NC1CCN(CC(F)F)C1. The quantitative estimate of drug-likeness (QED) is 0.819. The molecule has 1 aromatic carbocycles. The summed E-state index contributed by atoms with van der Waals surface area (Å²) in [5, 5.41) is 5.13. The van der Waals surface area contributed by atoms with Gasteiger partial charge in [-0.2, -0.15) is 0 Å². The van der Waals surface area contributed by atoms with Crippen LogP contribution < -0.4 is 10.6 Å². The molecule has 5 nitrogen and oxygen atoms in total. The molecular formula is C15H18F3N3O2. The fourth-order valence-corrected chi connectivity index (χ4v) is 2.45. The van der Waals surface area contributed by atoms with Crippen molar-refractivity contribution in [3.63, 3.8) is 0 Å². The summed E-state index contributed by atoms with van der Waals surface area (Å²) in [5.74, 6) is -1.32. The van der Waals surface area contributed by atoms with Gasteiger partial charge >= 0.3 is 0 Å². The molecule has 1 heterocycles. The van der Waals surface area contributed by atoms with Gasteiger partial charge in [-0.15, -0.1) is 0 Å². The Morgan fingerprint density at radius 3 is 2.61 bits per heavy atom. The van der Waals surface area contributed by atoms with Gasteiger partial charge in [-0.1, -0.05) is 0 Å². The van der Waals surface area contributed by atoms with Gasteiger partial charge in [-0.25, -0.2) is 13.2 Å². The summed E-state index contributed by atoms with van der Waals surface area (Å²) in [4.78, 5) is 25.1. The van der Waals surface area contributed by atoms with E-state index in [1.165, 1.54) is 12.1 Å². The molecule has 8 heteroatoms. The third-order valence-corrected chi connectivity index (χ3v) is 3.55. The first-order valence-electron chi connectivity index (χ1n) is 7.27. The number of carbonyl (C=O) groups is 2. The second-order valence-electron chi connectivity index (χ2n) is 5.39. The number of likely N-dealkylation sites (tertiary alicyclic amines) is 1. The highest BCUT2D eigenvalue weighted by molar-refractivity contribution is 5.96. The molecule has 0 spiro atoms. The van der Waals surface area contributed by atoms with Crippen LogP contribution in [-0.2, 0) is 4.79 Å². The van der Waals surface area contributed by atoms with E-state index in [1.807, 2.05) is 0 Å². The van der Waals surface area contributed by atoms with Crippen LogP contribution in [0.3, 0.4) is 0 Å². The van der Waals surface area contributed by atoms with Crippen LogP contribution in [0, 0.1) is 5.82 Å². The van der Waals surface area contributed by atoms with Crippen LogP contribution in [-0.4, -0.2) is 55.4 Å². The fourth-order valence-electron chi connectivity index (χ4n) is 2.45. The highest BCUT2D eigenvalue weighted by atomic mass is 19.3. The second-order valence-corrected chi connectivity index (χ2v) is 5.39. The molecular weight excluding hydrogens is 311 g/mol. The molecule has 23 heavy (non-hydrogen) atoms. The maximum atomic E-state index is 12.8. The van der Waals surface area contributed by atoms with Crippen molar-refractivity contribution in [2.45, 2.75) is 18.9 Å². The monoisotopic (exact) mass is 329 g/mol. The van der Waals surface area contributed by atoms with Crippen molar-refractivity contribution in [2.24, 2.45) is 0 Å². The van der Waals surface area contributed by atoms with Gasteiger partial charge in [-0.05, 0) is 30.7 Å². The number of nitrogens with zero attached hydrogens (tertiary/aromatic N) is 1. The molecule has 2 N–H and O–H groups in total. The first-order chi connectivity index (χ1) is 10.9. The number of hydrogen-bond donors (Lipinski definition) is 2. The molecule has 1 aliphatic heterocycles. The molecule has 1 aliphatic rings. The Hall–Kier alpha value is -2.09. The van der Waals surface area contributed by atoms with Crippen molar-refractivity contribution in [1.82, 2.24) is 15.5 Å². The molecule has 0 aliphatic carbocycles. The molecule has 0 saturated carbocycles. The third-order valence-electron chi connectivity index (χ3n) is 3.55. The van der Waals surface area contributed by atoms with E-state index in [0.717, 1.165) is 12.1 Å². The average Bonchev–Trinajstić information content (AvgIpc) is 2.91. The fraction of sp³-hybridized carbons (Fsp3) is 0.467. The molecule has 0 radical (unpaired) electrons. The minimum Gasteiger partial charge on any atom is -0.350 e. The number of carbonyl (C=O) groups excluding carboxylic acids is 2. The lowest BCUT2D eigenvalue weighted by molar-refractivity contribution is -0.120. The van der Waals surface area contributed by atoms with E-state index in [9.17, 15) is 22.8 Å². The maximum absolute atomic E-state index is 12.8. The molecule has 0 aromatic heterocycles. The normalized spacial score (nSPS) is 18.2. The van der Waals surface area contributed by atoms with E-state index in [-0.39, 0.29) is 30.6 Å². The maximum Gasteiger partial charge on any atom is 0.251 e. The first-order valence-corrected chi connectivity index (χ1v) is 7.27. The van der Waals surface area contributed by atoms with Gasteiger partial charge in [0.2, 0.25) is 5.91 Å². The second kappa shape index (κ2) is 7.96. The third kappa shape index (κ3) is 5.55. The van der Waals surface area contributed by atoms with Crippen LogP contribution >= 0.6 is 0 Å². The summed E-state index contributed by atoms with van der Waals surface area (Å²) in [6.45, 7) is 0.369. The Bertz CT molecular complexity index is 551. The van der Waals surface area contributed by atoms with E-state index >= 15 is 0 Å². The van der Waals surface area contributed by atoms with Gasteiger partial charge in [0, 0.05) is 24.7 Å². The number of hydrogen-bond acceptors (Lipinski definition) is 3. The summed E-state index contributed by atoms with van der Waals surface area (Å²) < 4.78 is 37.3. The van der Waals surface area contributed by atoms with E-state index in [4.69, 9.17) is 0 Å². The lowest BCUT2D eigenvalue weighted by Gasteiger charge is -2.16. The first kappa shape index (κ1) is 17.3. The predicted molar refractivity (Wildman–Crippen MR) is 77.7 cm³/mol. The lowest BCUT2D eigenvalue weighted by atomic mass is 10.2. The van der Waals surface area contributed by atoms with Gasteiger partial charge in [0.15, 0.2) is 0 Å². The Kier molecular flexibility index (Phi) is 5.97. The molecule has 1 aromatic rings. The van der Waals surface area contributed by atoms with E-state index in [0.29, 0.717) is 19.5 Å². The van der Waals surface area contributed by atoms with Gasteiger partial charge < -0.3 is 10.6 Å². The summed E-state index contributed by atoms with van der Waals surface area (Å²) in [6, 6.07) is 4.77. The smallest absolute Gasteiger partial charge is 0.251 e. The van der Waals surface area contributed by atoms with Crippen molar-refractivity contribution in [3.8, 4) is 0 Å². The van der Waals surface area contributed by atoms with Crippen LogP contribution in [0.4, 0.5) is 13.2 Å². The number of rotatable bonds is 6. The highest BCUT2D eigenvalue weighted by Crippen LogP contribution is 2.10. The van der Waals surface area contributed by atoms with Crippen molar-refractivity contribution in [3.05, 3.63) is 35.6 Å². The van der Waals surface area contributed by atoms with Gasteiger partial charge in [0.25, 0.3) is 12.3 Å². The number of benzene rings is 1. The zero-order valence-electron chi connectivity index (χ0n) is 12.4. The highest BCUT2D eigenvalue weighted by Gasteiger charge is 2.25. The van der Waals surface area contributed by atoms with E-state index in [2.05, 4.69) is 10.6 Å². The predicted octanol–water partition coefficient (Wildman–Crippen LogP) is 1.01. The molecule has 2 amide bonds. The van der Waals surface area contributed by atoms with Gasteiger partial charge in [0.05, 0.1) is 13.1 Å². The molecule has 2 rings (SSSR count). The zero-order chi connectivity index (χ0) is 16.8. The molecule has 0 bridgehead atoms. The van der Waals surface area contributed by atoms with Gasteiger partial charge in [0.1, 0.15) is 5.82 Å². The largest absolute Gasteiger partial charge is 0.350 e. The standard InChI is InChI=1S/C15H18F3N3O2/c16-11-3-1-10(2-4-11)15(23)19-7-14(22)20-12-5-6-21(8-12)9-13(17)18/h1-4,12-13H,5-9H2,(H,19,23)(H,20,22). The minimum atomic E-state index is -2.39. The average molecular weight is 329 g/mol. The van der Waals surface area contributed by atoms with Crippen molar-refractivity contribution in [1.29, 1.82) is 0 Å². The summed E-state index contributed by atoms with van der Waals surface area (Å²) >= 11 is 0. The van der Waals surface area contributed by atoms with Crippen molar-refractivity contribution in [2.75, 3.05) is 26.2 Å². The number of halogens is 3. The summed E-state index contributed by atoms with van der Waals surface area (Å²) in [7, 11) is 0. The van der Waals surface area contributed by atoms with Crippen molar-refractivity contribution >= 4 is 11.8 Å². The van der Waals surface area contributed by atoms with Crippen LogP contribution in [0.2, 0.25) is 0 Å². The van der Waals surface area contributed by atoms with Crippen LogP contribution in [0.5, 0.6) is 0 Å². The Labute approximate surface area is 131 Å². The van der Waals surface area contributed by atoms with Crippen LogP contribution in [0.15, 0.2) is 24.3 Å². The number of amides is 2. The Morgan fingerprint density at radius 1 is 1.26 bits per heavy atom. The molecule has 1 atom stereocenters. The minimum absolute atomic E-state index is 0.191. The molecule has 126 valence electrons. The lowest BCUT2D eigenvalue weighted by Crippen LogP contribution is -2.43. The van der Waals surface area contributed by atoms with Crippen LogP contribution in [0.25, 0.3) is 0 Å². The summed E-state index contributed by atoms with van der Waals surface area (Å²) in [6.07, 6.45) is -1.79. The Morgan fingerprint density at radius 2 is 1.96 bits per heavy atom.